The number of aromatic nitrogens is 3. The molecule has 8 heteroatoms. The summed E-state index contributed by atoms with van der Waals surface area (Å²) in [5.74, 6) is 1.48. The molecule has 3 heterocycles. The number of phenolic OH excluding ortho intramolecular Hbond substituents is 1. The summed E-state index contributed by atoms with van der Waals surface area (Å²) >= 11 is 0.127. The Morgan fingerprint density at radius 2 is 2.07 bits per heavy atom. The minimum absolute atomic E-state index is 0.127. The van der Waals surface area contributed by atoms with Crippen LogP contribution in [0, 0.1) is 5.92 Å². The van der Waals surface area contributed by atoms with Crippen LogP contribution in [0.4, 0.5) is 9.70 Å². The van der Waals surface area contributed by atoms with Gasteiger partial charge in [0.15, 0.2) is 5.65 Å². The van der Waals surface area contributed by atoms with Gasteiger partial charge in [0.05, 0.1) is 24.0 Å². The van der Waals surface area contributed by atoms with Crippen LogP contribution in [-0.2, 0) is 0 Å². The van der Waals surface area contributed by atoms with E-state index in [9.17, 15) is 8.99 Å². The van der Waals surface area contributed by atoms with Gasteiger partial charge in [-0.25, -0.2) is 4.98 Å². The number of aromatic hydroxyl groups is 1. The summed E-state index contributed by atoms with van der Waals surface area (Å²) in [7, 11) is 2.15. The molecular weight excluding hydrogens is 365 g/mol. The van der Waals surface area contributed by atoms with Crippen molar-refractivity contribution >= 4 is 23.6 Å². The number of hydrogen-bond donors (Lipinski definition) is 2. The van der Waals surface area contributed by atoms with Gasteiger partial charge in [0, 0.05) is 18.2 Å². The summed E-state index contributed by atoms with van der Waals surface area (Å²) < 4.78 is 14.9. The van der Waals surface area contributed by atoms with Gasteiger partial charge in [-0.1, -0.05) is 12.1 Å². The molecule has 0 saturated carbocycles. The first-order valence-electron chi connectivity index (χ1n) is 9.04. The Morgan fingerprint density at radius 3 is 2.81 bits per heavy atom. The van der Waals surface area contributed by atoms with E-state index in [0.29, 0.717) is 27.7 Å². The number of likely N-dealkylation sites (tertiary alicyclic amines) is 1. The number of phenols is 1. The van der Waals surface area contributed by atoms with Crippen LogP contribution < -0.4 is 5.32 Å². The second kappa shape index (κ2) is 7.74. The second-order valence-corrected chi connectivity index (χ2v) is 7.59. The molecule has 0 radical (unpaired) electrons. The second-order valence-electron chi connectivity index (χ2n) is 6.99. The predicted molar refractivity (Wildman–Crippen MR) is 106 cm³/mol. The van der Waals surface area contributed by atoms with Gasteiger partial charge in [0.1, 0.15) is 16.5 Å². The summed E-state index contributed by atoms with van der Waals surface area (Å²) in [6.45, 7) is 3.03. The molecule has 27 heavy (non-hydrogen) atoms. The predicted octanol–water partition coefficient (Wildman–Crippen LogP) is 3.83. The molecule has 0 aliphatic carbocycles. The van der Waals surface area contributed by atoms with Crippen LogP contribution in [0.15, 0.2) is 41.4 Å². The van der Waals surface area contributed by atoms with Gasteiger partial charge >= 0.3 is 0 Å². The third kappa shape index (κ3) is 3.72. The maximum atomic E-state index is 13.3. The Morgan fingerprint density at radius 1 is 1.30 bits per heavy atom. The van der Waals surface area contributed by atoms with Crippen molar-refractivity contribution < 1.29 is 8.99 Å². The van der Waals surface area contributed by atoms with Gasteiger partial charge in [0.2, 0.25) is 0 Å². The van der Waals surface area contributed by atoms with E-state index in [2.05, 4.69) is 27.3 Å². The molecule has 0 bridgehead atoms. The van der Waals surface area contributed by atoms with E-state index in [1.165, 1.54) is 6.20 Å². The average Bonchev–Trinajstić information content (AvgIpc) is 3.11. The fraction of sp³-hybridized carbons (Fsp3) is 0.368. The van der Waals surface area contributed by atoms with Gasteiger partial charge in [-0.2, -0.15) is 13.5 Å². The third-order valence-electron chi connectivity index (χ3n) is 5.11. The number of rotatable bonds is 5. The van der Waals surface area contributed by atoms with Crippen LogP contribution in [0.5, 0.6) is 5.75 Å². The zero-order valence-corrected chi connectivity index (χ0v) is 15.9. The maximum Gasteiger partial charge on any atom is 0.174 e. The zero-order chi connectivity index (χ0) is 18.8. The lowest BCUT2D eigenvalue weighted by Crippen LogP contribution is -2.33. The van der Waals surface area contributed by atoms with Crippen molar-refractivity contribution in [3.63, 3.8) is 0 Å². The van der Waals surface area contributed by atoms with E-state index in [-0.39, 0.29) is 17.9 Å². The number of para-hydroxylation sites is 1. The lowest BCUT2D eigenvalue weighted by atomic mass is 9.97. The molecule has 0 spiro atoms. The number of hydrogen-bond acceptors (Lipinski definition) is 6. The molecule has 0 unspecified atom stereocenters. The SMILES string of the molecule is CN1CCC(CNc2cc(-c3ccccc3O)nc3c(SF)cnn23)CC1. The Balaban J connectivity index is 1.68. The van der Waals surface area contributed by atoms with Gasteiger partial charge < -0.3 is 15.3 Å². The number of anilines is 1. The fourth-order valence-electron chi connectivity index (χ4n) is 3.47. The van der Waals surface area contributed by atoms with E-state index in [1.54, 1.807) is 22.7 Å². The van der Waals surface area contributed by atoms with Crippen LogP contribution in [0.1, 0.15) is 12.8 Å². The van der Waals surface area contributed by atoms with Crippen LogP contribution >= 0.6 is 12.1 Å². The van der Waals surface area contributed by atoms with Gasteiger partial charge in [-0.15, -0.1) is 0 Å². The molecule has 1 saturated heterocycles. The third-order valence-corrected chi connectivity index (χ3v) is 5.57. The van der Waals surface area contributed by atoms with Crippen molar-refractivity contribution in [3.8, 4) is 17.0 Å². The summed E-state index contributed by atoms with van der Waals surface area (Å²) in [6, 6.07) is 8.88. The Bertz CT molecular complexity index is 939. The molecule has 1 aromatic carbocycles. The largest absolute Gasteiger partial charge is 0.507 e. The highest BCUT2D eigenvalue weighted by atomic mass is 32.2. The van der Waals surface area contributed by atoms with Crippen molar-refractivity contribution in [1.82, 2.24) is 19.5 Å². The zero-order valence-electron chi connectivity index (χ0n) is 15.1. The molecule has 1 aliphatic heterocycles. The minimum atomic E-state index is 0.127. The molecule has 6 nitrogen and oxygen atoms in total. The normalized spacial score (nSPS) is 16.1. The Hall–Kier alpha value is -2.32. The first kappa shape index (κ1) is 18.1. The number of nitrogens with zero attached hydrogens (tertiary/aromatic N) is 4. The maximum absolute atomic E-state index is 13.3. The van der Waals surface area contributed by atoms with Crippen molar-refractivity contribution in [3.05, 3.63) is 36.5 Å². The summed E-state index contributed by atoms with van der Waals surface area (Å²) in [4.78, 5) is 7.23. The van der Waals surface area contributed by atoms with Gasteiger partial charge in [-0.05, 0) is 51.0 Å². The van der Waals surface area contributed by atoms with Crippen molar-refractivity contribution in [2.24, 2.45) is 5.92 Å². The Kier molecular flexibility index (Phi) is 5.18. The van der Waals surface area contributed by atoms with E-state index in [1.807, 2.05) is 12.1 Å². The first-order chi connectivity index (χ1) is 13.2. The van der Waals surface area contributed by atoms with Crippen LogP contribution in [0.2, 0.25) is 0 Å². The van der Waals surface area contributed by atoms with Gasteiger partial charge in [-0.3, -0.25) is 0 Å². The highest BCUT2D eigenvalue weighted by Gasteiger charge is 2.19. The smallest absolute Gasteiger partial charge is 0.174 e. The lowest BCUT2D eigenvalue weighted by Gasteiger charge is -2.29. The fourth-order valence-corrected chi connectivity index (χ4v) is 3.75. The highest BCUT2D eigenvalue weighted by Crippen LogP contribution is 2.32. The van der Waals surface area contributed by atoms with Crippen LogP contribution in [0.25, 0.3) is 16.9 Å². The quantitative estimate of drug-likeness (QED) is 0.694. The first-order valence-corrected chi connectivity index (χ1v) is 9.75. The number of halogens is 1. The molecule has 0 atom stereocenters. The molecule has 2 aromatic heterocycles. The molecule has 2 N–H and O–H groups in total. The number of benzene rings is 1. The van der Waals surface area contributed by atoms with Crippen molar-refractivity contribution in [2.45, 2.75) is 17.7 Å². The van der Waals surface area contributed by atoms with Gasteiger partial charge in [0.25, 0.3) is 0 Å². The molecule has 1 aliphatic rings. The highest BCUT2D eigenvalue weighted by molar-refractivity contribution is 7.94. The summed E-state index contributed by atoms with van der Waals surface area (Å²) in [5, 5.41) is 17.9. The van der Waals surface area contributed by atoms with E-state index < -0.39 is 0 Å². The average molecular weight is 387 g/mol. The Labute approximate surface area is 161 Å². The number of nitrogens with one attached hydrogen (secondary N) is 1. The lowest BCUT2D eigenvalue weighted by molar-refractivity contribution is 0.226. The molecular formula is C19H22FN5OS. The monoisotopic (exact) mass is 387 g/mol. The molecule has 142 valence electrons. The van der Waals surface area contributed by atoms with Crippen LogP contribution in [-0.4, -0.2) is 51.3 Å². The summed E-state index contributed by atoms with van der Waals surface area (Å²) in [5.41, 5.74) is 1.63. The van der Waals surface area contributed by atoms with Crippen molar-refractivity contribution in [1.29, 1.82) is 0 Å². The molecule has 1 fully saturated rings. The number of piperidine rings is 1. The standard InChI is InChI=1S/C19H22FN5OS/c1-24-8-6-13(7-9-24)11-21-18-10-15(14-4-2-3-5-16(14)26)23-19-17(27-20)12-22-25(18)19/h2-5,10,12-13,21,26H,6-9,11H2,1H3. The topological polar surface area (TPSA) is 65.7 Å². The molecule has 3 aromatic rings. The number of fused-ring (bicyclic) bond motifs is 1. The van der Waals surface area contributed by atoms with E-state index in [0.717, 1.165) is 38.3 Å². The molecule has 4 rings (SSSR count). The molecule has 0 amide bonds. The van der Waals surface area contributed by atoms with Crippen LogP contribution in [0.3, 0.4) is 0 Å². The van der Waals surface area contributed by atoms with Crippen molar-refractivity contribution in [2.75, 3.05) is 32.0 Å². The summed E-state index contributed by atoms with van der Waals surface area (Å²) in [6.07, 6.45) is 3.77. The van der Waals surface area contributed by atoms with E-state index >= 15 is 0 Å². The van der Waals surface area contributed by atoms with E-state index in [4.69, 9.17) is 0 Å². The minimum Gasteiger partial charge on any atom is -0.507 e.